The van der Waals surface area contributed by atoms with E-state index in [0.29, 0.717) is 11.7 Å². The first-order valence-electron chi connectivity index (χ1n) is 4.39. The van der Waals surface area contributed by atoms with E-state index in [1.54, 1.807) is 0 Å². The molecule has 0 aromatic carbocycles. The maximum Gasteiger partial charge on any atom is 0.243 e. The lowest BCUT2D eigenvalue weighted by molar-refractivity contribution is -0.107. The first-order valence-corrected chi connectivity index (χ1v) is 4.39. The Kier molecular flexibility index (Phi) is 2.35. The second-order valence-electron chi connectivity index (χ2n) is 3.07. The van der Waals surface area contributed by atoms with E-state index >= 15 is 0 Å². The largest absolute Gasteiger partial charge is 0.338 e. The van der Waals surface area contributed by atoms with Gasteiger partial charge in [0.2, 0.25) is 5.89 Å². The SMILES string of the molecule is O=CCc1noc(C2CCCN2)n1. The normalized spacial score (nSPS) is 22.0. The van der Waals surface area contributed by atoms with Gasteiger partial charge < -0.3 is 14.6 Å². The third kappa shape index (κ3) is 1.75. The van der Waals surface area contributed by atoms with E-state index in [-0.39, 0.29) is 12.5 Å². The van der Waals surface area contributed by atoms with E-state index in [1.807, 2.05) is 0 Å². The smallest absolute Gasteiger partial charge is 0.243 e. The molecule has 0 saturated carbocycles. The minimum atomic E-state index is 0.188. The van der Waals surface area contributed by atoms with Crippen LogP contribution in [0.3, 0.4) is 0 Å². The van der Waals surface area contributed by atoms with Gasteiger partial charge in [0.25, 0.3) is 0 Å². The van der Waals surface area contributed by atoms with Gasteiger partial charge in [-0.25, -0.2) is 0 Å². The lowest BCUT2D eigenvalue weighted by Crippen LogP contribution is -2.13. The van der Waals surface area contributed by atoms with Gasteiger partial charge in [0.15, 0.2) is 5.82 Å². The molecule has 0 amide bonds. The summed E-state index contributed by atoms with van der Waals surface area (Å²) in [4.78, 5) is 14.3. The molecule has 1 fully saturated rings. The summed E-state index contributed by atoms with van der Waals surface area (Å²) in [7, 11) is 0. The summed E-state index contributed by atoms with van der Waals surface area (Å²) >= 11 is 0. The van der Waals surface area contributed by atoms with Crippen LogP contribution in [0, 0.1) is 0 Å². The van der Waals surface area contributed by atoms with Crippen molar-refractivity contribution < 1.29 is 9.32 Å². The third-order valence-corrected chi connectivity index (χ3v) is 2.11. The van der Waals surface area contributed by atoms with Gasteiger partial charge in [-0.15, -0.1) is 0 Å². The molecule has 1 aliphatic rings. The highest BCUT2D eigenvalue weighted by Crippen LogP contribution is 2.20. The molecule has 2 rings (SSSR count). The zero-order valence-electron chi connectivity index (χ0n) is 7.19. The van der Waals surface area contributed by atoms with Crippen molar-refractivity contribution in [3.05, 3.63) is 11.7 Å². The average Bonchev–Trinajstić information content (AvgIpc) is 2.70. The second kappa shape index (κ2) is 3.66. The molecule has 1 aliphatic heterocycles. The summed E-state index contributed by atoms with van der Waals surface area (Å²) in [6, 6.07) is 0.188. The van der Waals surface area contributed by atoms with Crippen LogP contribution in [0.4, 0.5) is 0 Å². The number of nitrogens with one attached hydrogen (secondary N) is 1. The number of aromatic nitrogens is 2. The van der Waals surface area contributed by atoms with E-state index in [1.165, 1.54) is 0 Å². The van der Waals surface area contributed by atoms with Crippen molar-refractivity contribution in [1.82, 2.24) is 15.5 Å². The van der Waals surface area contributed by atoms with E-state index in [0.717, 1.165) is 25.7 Å². The lowest BCUT2D eigenvalue weighted by atomic mass is 10.2. The highest BCUT2D eigenvalue weighted by molar-refractivity contribution is 5.52. The zero-order valence-corrected chi connectivity index (χ0v) is 7.19. The number of carbonyl (C=O) groups is 1. The molecule has 1 aromatic heterocycles. The van der Waals surface area contributed by atoms with Crippen molar-refractivity contribution in [2.24, 2.45) is 0 Å². The van der Waals surface area contributed by atoms with Gasteiger partial charge in [0.05, 0.1) is 12.5 Å². The van der Waals surface area contributed by atoms with E-state index in [4.69, 9.17) is 4.52 Å². The van der Waals surface area contributed by atoms with Crippen LogP contribution in [0.5, 0.6) is 0 Å². The molecule has 0 aliphatic carbocycles. The minimum Gasteiger partial charge on any atom is -0.338 e. The Morgan fingerprint density at radius 2 is 2.62 bits per heavy atom. The monoisotopic (exact) mass is 181 g/mol. The van der Waals surface area contributed by atoms with Crippen LogP contribution in [-0.4, -0.2) is 23.0 Å². The van der Waals surface area contributed by atoms with E-state index in [9.17, 15) is 4.79 Å². The van der Waals surface area contributed by atoms with Crippen LogP contribution in [0.25, 0.3) is 0 Å². The predicted octanol–water partition coefficient (Wildman–Crippen LogP) is 0.236. The van der Waals surface area contributed by atoms with Crippen LogP contribution in [0.15, 0.2) is 4.52 Å². The zero-order chi connectivity index (χ0) is 9.10. The van der Waals surface area contributed by atoms with E-state index in [2.05, 4.69) is 15.5 Å². The van der Waals surface area contributed by atoms with Gasteiger partial charge in [-0.1, -0.05) is 5.16 Å². The van der Waals surface area contributed by atoms with Crippen LogP contribution < -0.4 is 5.32 Å². The Morgan fingerprint density at radius 3 is 3.31 bits per heavy atom. The third-order valence-electron chi connectivity index (χ3n) is 2.11. The number of rotatable bonds is 3. The fraction of sp³-hybridized carbons (Fsp3) is 0.625. The highest BCUT2D eigenvalue weighted by atomic mass is 16.5. The predicted molar refractivity (Wildman–Crippen MR) is 44.0 cm³/mol. The average molecular weight is 181 g/mol. The number of carbonyl (C=O) groups excluding carboxylic acids is 1. The molecule has 5 nitrogen and oxygen atoms in total. The molecule has 2 heterocycles. The van der Waals surface area contributed by atoms with Gasteiger partial charge in [0.1, 0.15) is 6.29 Å². The lowest BCUT2D eigenvalue weighted by Gasteiger charge is -2.00. The van der Waals surface area contributed by atoms with Crippen molar-refractivity contribution >= 4 is 6.29 Å². The van der Waals surface area contributed by atoms with Gasteiger partial charge in [-0.2, -0.15) is 4.98 Å². The maximum atomic E-state index is 10.2. The Morgan fingerprint density at radius 1 is 1.69 bits per heavy atom. The maximum absolute atomic E-state index is 10.2. The van der Waals surface area contributed by atoms with Crippen molar-refractivity contribution in [3.8, 4) is 0 Å². The number of hydrogen-bond donors (Lipinski definition) is 1. The molecule has 1 aromatic rings. The van der Waals surface area contributed by atoms with Crippen LogP contribution >= 0.6 is 0 Å². The topological polar surface area (TPSA) is 68.0 Å². The van der Waals surface area contributed by atoms with Gasteiger partial charge in [-0.05, 0) is 19.4 Å². The fourth-order valence-electron chi connectivity index (χ4n) is 1.46. The van der Waals surface area contributed by atoms with Crippen LogP contribution in [-0.2, 0) is 11.2 Å². The molecule has 70 valence electrons. The Labute approximate surface area is 75.5 Å². The van der Waals surface area contributed by atoms with Gasteiger partial charge in [0, 0.05) is 0 Å². The molecule has 1 atom stereocenters. The van der Waals surface area contributed by atoms with Crippen LogP contribution in [0.1, 0.15) is 30.6 Å². The number of nitrogens with zero attached hydrogens (tertiary/aromatic N) is 2. The minimum absolute atomic E-state index is 0.188. The summed E-state index contributed by atoms with van der Waals surface area (Å²) in [5, 5.41) is 6.94. The van der Waals surface area contributed by atoms with Crippen molar-refractivity contribution in [2.45, 2.75) is 25.3 Å². The molecular formula is C8H11N3O2. The summed E-state index contributed by atoms with van der Waals surface area (Å²) in [5.74, 6) is 1.08. The molecule has 5 heteroatoms. The second-order valence-corrected chi connectivity index (χ2v) is 3.07. The fourth-order valence-corrected chi connectivity index (χ4v) is 1.46. The Balaban J connectivity index is 2.07. The summed E-state index contributed by atoms with van der Waals surface area (Å²) < 4.78 is 5.02. The first-order chi connectivity index (χ1) is 6.40. The quantitative estimate of drug-likeness (QED) is 0.676. The van der Waals surface area contributed by atoms with Gasteiger partial charge in [-0.3, -0.25) is 0 Å². The standard InChI is InChI=1S/C8H11N3O2/c12-5-3-7-10-8(13-11-7)6-2-1-4-9-6/h5-6,9H,1-4H2. The molecule has 1 N–H and O–H groups in total. The van der Waals surface area contributed by atoms with Crippen molar-refractivity contribution in [2.75, 3.05) is 6.54 Å². The molecule has 0 spiro atoms. The highest BCUT2D eigenvalue weighted by Gasteiger charge is 2.21. The van der Waals surface area contributed by atoms with E-state index < -0.39 is 0 Å². The summed E-state index contributed by atoms with van der Waals surface area (Å²) in [6.07, 6.45) is 3.17. The first kappa shape index (κ1) is 8.37. The van der Waals surface area contributed by atoms with Crippen molar-refractivity contribution in [3.63, 3.8) is 0 Å². The molecule has 0 radical (unpaired) electrons. The molecular weight excluding hydrogens is 170 g/mol. The molecule has 13 heavy (non-hydrogen) atoms. The summed E-state index contributed by atoms with van der Waals surface area (Å²) in [5.41, 5.74) is 0. The van der Waals surface area contributed by atoms with Crippen molar-refractivity contribution in [1.29, 1.82) is 0 Å². The Bertz CT molecular complexity index is 291. The Hall–Kier alpha value is -1.23. The molecule has 1 saturated heterocycles. The molecule has 1 unspecified atom stereocenters. The number of hydrogen-bond acceptors (Lipinski definition) is 5. The molecule has 0 bridgehead atoms. The summed E-state index contributed by atoms with van der Waals surface area (Å²) in [6.45, 7) is 0.996. The van der Waals surface area contributed by atoms with Crippen LogP contribution in [0.2, 0.25) is 0 Å². The van der Waals surface area contributed by atoms with Gasteiger partial charge >= 0.3 is 0 Å². The number of aldehydes is 1.